The van der Waals surface area contributed by atoms with Crippen LogP contribution in [-0.4, -0.2) is 9.55 Å². The summed E-state index contributed by atoms with van der Waals surface area (Å²) in [4.78, 5) is 4.48. The number of nitrogens with one attached hydrogen (secondary N) is 1. The third-order valence-electron chi connectivity index (χ3n) is 3.52. The smallest absolute Gasteiger partial charge is 0.110 e. The van der Waals surface area contributed by atoms with E-state index in [-0.39, 0.29) is 6.04 Å². The Balaban J connectivity index is 1.91. The fraction of sp³-hybridized carbons (Fsp3) is 0.0625. The van der Waals surface area contributed by atoms with E-state index in [2.05, 4.69) is 63.5 Å². The first-order valence-electron chi connectivity index (χ1n) is 6.37. The van der Waals surface area contributed by atoms with E-state index in [1.54, 1.807) is 0 Å². The number of anilines is 1. The molecule has 1 aromatic carbocycles. The van der Waals surface area contributed by atoms with E-state index in [1.807, 2.05) is 18.3 Å². The van der Waals surface area contributed by atoms with Crippen molar-refractivity contribution in [2.24, 2.45) is 0 Å². The van der Waals surface area contributed by atoms with Crippen LogP contribution in [0.2, 0.25) is 0 Å². The summed E-state index contributed by atoms with van der Waals surface area (Å²) in [5.41, 5.74) is 4.59. The Hall–Kier alpha value is -2.55. The standard InChI is InChI=1S/C16H13N3/c1-2-8-14-12(6-1)18-16(13-7-3-4-10-17-13)15-9-5-11-19(14)15/h1-11,16,18H. The molecule has 3 heteroatoms. The summed E-state index contributed by atoms with van der Waals surface area (Å²) < 4.78 is 2.23. The summed E-state index contributed by atoms with van der Waals surface area (Å²) in [7, 11) is 0. The van der Waals surface area contributed by atoms with Crippen molar-refractivity contribution in [1.29, 1.82) is 0 Å². The largest absolute Gasteiger partial charge is 0.370 e. The van der Waals surface area contributed by atoms with Gasteiger partial charge in [0.25, 0.3) is 0 Å². The molecule has 0 aliphatic carbocycles. The summed E-state index contributed by atoms with van der Waals surface area (Å²) in [6.07, 6.45) is 3.94. The molecule has 0 radical (unpaired) electrons. The summed E-state index contributed by atoms with van der Waals surface area (Å²) >= 11 is 0. The molecule has 0 saturated carbocycles. The van der Waals surface area contributed by atoms with E-state index in [4.69, 9.17) is 0 Å². The van der Waals surface area contributed by atoms with Crippen LogP contribution in [-0.2, 0) is 0 Å². The van der Waals surface area contributed by atoms with Crippen molar-refractivity contribution in [3.63, 3.8) is 0 Å². The molecule has 1 aliphatic rings. The van der Waals surface area contributed by atoms with Gasteiger partial charge in [0.1, 0.15) is 6.04 Å². The van der Waals surface area contributed by atoms with Crippen molar-refractivity contribution in [3.05, 3.63) is 78.4 Å². The third kappa shape index (κ3) is 1.55. The Kier molecular flexibility index (Phi) is 2.18. The Morgan fingerprint density at radius 2 is 1.84 bits per heavy atom. The number of fused-ring (bicyclic) bond motifs is 3. The fourth-order valence-electron chi connectivity index (χ4n) is 2.66. The molecule has 1 unspecified atom stereocenters. The third-order valence-corrected chi connectivity index (χ3v) is 3.52. The molecular formula is C16H13N3. The van der Waals surface area contributed by atoms with Crippen molar-refractivity contribution in [2.45, 2.75) is 6.04 Å². The van der Waals surface area contributed by atoms with Gasteiger partial charge in [-0.1, -0.05) is 18.2 Å². The Morgan fingerprint density at radius 1 is 0.947 bits per heavy atom. The number of para-hydroxylation sites is 2. The van der Waals surface area contributed by atoms with Gasteiger partial charge >= 0.3 is 0 Å². The minimum Gasteiger partial charge on any atom is -0.370 e. The maximum absolute atomic E-state index is 4.48. The van der Waals surface area contributed by atoms with Crippen LogP contribution in [0.3, 0.4) is 0 Å². The lowest BCUT2D eigenvalue weighted by atomic mass is 10.1. The van der Waals surface area contributed by atoms with Crippen LogP contribution in [0.15, 0.2) is 67.0 Å². The highest BCUT2D eigenvalue weighted by molar-refractivity contribution is 5.66. The van der Waals surface area contributed by atoms with Crippen molar-refractivity contribution in [2.75, 3.05) is 5.32 Å². The SMILES string of the molecule is c1ccc(C2Nc3ccccc3-n3cccc32)nc1. The molecule has 2 aromatic heterocycles. The fourth-order valence-corrected chi connectivity index (χ4v) is 2.66. The number of benzene rings is 1. The second kappa shape index (κ2) is 3.99. The second-order valence-electron chi connectivity index (χ2n) is 4.65. The van der Waals surface area contributed by atoms with Gasteiger partial charge in [0.05, 0.1) is 22.8 Å². The van der Waals surface area contributed by atoms with Crippen molar-refractivity contribution >= 4 is 5.69 Å². The number of hydrogen-bond acceptors (Lipinski definition) is 2. The maximum Gasteiger partial charge on any atom is 0.110 e. The Morgan fingerprint density at radius 3 is 2.74 bits per heavy atom. The van der Waals surface area contributed by atoms with Gasteiger partial charge in [0, 0.05) is 12.4 Å². The molecule has 19 heavy (non-hydrogen) atoms. The first-order valence-corrected chi connectivity index (χ1v) is 6.37. The van der Waals surface area contributed by atoms with Crippen LogP contribution in [0.1, 0.15) is 17.4 Å². The summed E-state index contributed by atoms with van der Waals surface area (Å²) in [6.45, 7) is 0. The highest BCUT2D eigenvalue weighted by atomic mass is 15.1. The molecule has 1 atom stereocenters. The predicted molar refractivity (Wildman–Crippen MR) is 75.5 cm³/mol. The molecule has 0 spiro atoms. The van der Waals surface area contributed by atoms with Crippen LogP contribution in [0.4, 0.5) is 5.69 Å². The molecule has 3 nitrogen and oxygen atoms in total. The quantitative estimate of drug-likeness (QED) is 0.714. The van der Waals surface area contributed by atoms with E-state index in [0.717, 1.165) is 11.4 Å². The lowest BCUT2D eigenvalue weighted by Gasteiger charge is -2.28. The molecule has 0 saturated heterocycles. The van der Waals surface area contributed by atoms with E-state index in [0.29, 0.717) is 0 Å². The highest BCUT2D eigenvalue weighted by Crippen LogP contribution is 2.35. The van der Waals surface area contributed by atoms with Gasteiger partial charge in [-0.25, -0.2) is 0 Å². The number of aromatic nitrogens is 2. The predicted octanol–water partition coefficient (Wildman–Crippen LogP) is 3.39. The van der Waals surface area contributed by atoms with Gasteiger partial charge < -0.3 is 9.88 Å². The van der Waals surface area contributed by atoms with Gasteiger partial charge in [-0.15, -0.1) is 0 Å². The van der Waals surface area contributed by atoms with Crippen molar-refractivity contribution in [3.8, 4) is 5.69 Å². The van der Waals surface area contributed by atoms with E-state index in [1.165, 1.54) is 11.4 Å². The Bertz CT molecular complexity index is 716. The number of hydrogen-bond donors (Lipinski definition) is 1. The van der Waals surface area contributed by atoms with Crippen LogP contribution < -0.4 is 5.32 Å². The van der Waals surface area contributed by atoms with Crippen molar-refractivity contribution < 1.29 is 0 Å². The van der Waals surface area contributed by atoms with Crippen LogP contribution in [0, 0.1) is 0 Å². The summed E-state index contributed by atoms with van der Waals surface area (Å²) in [5.74, 6) is 0. The molecule has 92 valence electrons. The van der Waals surface area contributed by atoms with Crippen LogP contribution in [0.5, 0.6) is 0 Å². The number of pyridine rings is 1. The van der Waals surface area contributed by atoms with Gasteiger partial charge in [-0.2, -0.15) is 0 Å². The zero-order valence-corrected chi connectivity index (χ0v) is 10.3. The molecule has 1 N–H and O–H groups in total. The first kappa shape index (κ1) is 10.4. The van der Waals surface area contributed by atoms with Gasteiger partial charge in [-0.05, 0) is 36.4 Å². The Labute approximate surface area is 111 Å². The second-order valence-corrected chi connectivity index (χ2v) is 4.65. The van der Waals surface area contributed by atoms with Crippen LogP contribution >= 0.6 is 0 Å². The summed E-state index contributed by atoms with van der Waals surface area (Å²) in [6, 6.07) is 18.7. The molecule has 3 heterocycles. The lowest BCUT2D eigenvalue weighted by Crippen LogP contribution is -2.22. The van der Waals surface area contributed by atoms with Crippen LogP contribution in [0.25, 0.3) is 5.69 Å². The number of nitrogens with zero attached hydrogens (tertiary/aromatic N) is 2. The topological polar surface area (TPSA) is 29.9 Å². The monoisotopic (exact) mass is 247 g/mol. The van der Waals surface area contributed by atoms with E-state index >= 15 is 0 Å². The normalized spacial score (nSPS) is 16.3. The minimum absolute atomic E-state index is 0.103. The molecule has 1 aliphatic heterocycles. The van der Waals surface area contributed by atoms with Gasteiger partial charge in [0.15, 0.2) is 0 Å². The minimum atomic E-state index is 0.103. The zero-order chi connectivity index (χ0) is 12.7. The zero-order valence-electron chi connectivity index (χ0n) is 10.3. The average molecular weight is 247 g/mol. The number of rotatable bonds is 1. The van der Waals surface area contributed by atoms with Crippen molar-refractivity contribution in [1.82, 2.24) is 9.55 Å². The molecular weight excluding hydrogens is 234 g/mol. The molecule has 3 aromatic rings. The molecule has 0 amide bonds. The van der Waals surface area contributed by atoms with Gasteiger partial charge in [0.2, 0.25) is 0 Å². The van der Waals surface area contributed by atoms with E-state index < -0.39 is 0 Å². The lowest BCUT2D eigenvalue weighted by molar-refractivity contribution is 0.785. The first-order chi connectivity index (χ1) is 9.43. The highest BCUT2D eigenvalue weighted by Gasteiger charge is 2.25. The molecule has 0 bridgehead atoms. The van der Waals surface area contributed by atoms with E-state index in [9.17, 15) is 0 Å². The average Bonchev–Trinajstić information content (AvgIpc) is 2.97. The van der Waals surface area contributed by atoms with Gasteiger partial charge in [-0.3, -0.25) is 4.98 Å². The molecule has 0 fully saturated rings. The molecule has 4 rings (SSSR count). The summed E-state index contributed by atoms with van der Waals surface area (Å²) in [5, 5.41) is 3.57. The maximum atomic E-state index is 4.48.